The maximum atomic E-state index is 13.3. The minimum atomic E-state index is -0.766. The van der Waals surface area contributed by atoms with Crippen LogP contribution in [0.3, 0.4) is 0 Å². The molecule has 0 bridgehead atoms. The lowest BCUT2D eigenvalue weighted by atomic mass is 10.0. The van der Waals surface area contributed by atoms with Gasteiger partial charge in [0.05, 0.1) is 11.3 Å². The molecule has 4 aromatic rings. The van der Waals surface area contributed by atoms with Gasteiger partial charge >= 0.3 is 17.4 Å². The van der Waals surface area contributed by atoms with E-state index in [1.807, 2.05) is 54.6 Å². The zero-order valence-electron chi connectivity index (χ0n) is 19.3. The highest BCUT2D eigenvalue weighted by atomic mass is 35.5. The standard InChI is InChI=1S/C26H23ClN4O3S/c1-3-4-14-35-26-28-24(33)23-19-10-5-6-11-20(19)30(16(2)32)25(31(23)29-26)22-13-12-21(34-22)17-8-7-9-18(27)15-17/h5-13,15,25H,3-4,14H2,1-2H3/p+1/t25-/m1/s1. The minimum absolute atomic E-state index is 0.191. The second kappa shape index (κ2) is 9.71. The third-order valence-corrected chi connectivity index (χ3v) is 7.01. The number of aromatic nitrogens is 3. The van der Waals surface area contributed by atoms with Crippen LogP contribution in [0, 0.1) is 0 Å². The summed E-state index contributed by atoms with van der Waals surface area (Å²) in [5.74, 6) is 1.73. The fourth-order valence-electron chi connectivity index (χ4n) is 4.24. The zero-order chi connectivity index (χ0) is 24.5. The number of anilines is 1. The number of rotatable bonds is 6. The number of aromatic amines is 1. The van der Waals surface area contributed by atoms with Gasteiger partial charge in [0.25, 0.3) is 0 Å². The van der Waals surface area contributed by atoms with Gasteiger partial charge < -0.3 is 4.42 Å². The molecule has 5 rings (SSSR count). The Morgan fingerprint density at radius 2 is 2.03 bits per heavy atom. The van der Waals surface area contributed by atoms with E-state index in [-0.39, 0.29) is 11.5 Å². The Labute approximate surface area is 211 Å². The zero-order valence-corrected chi connectivity index (χ0v) is 20.9. The highest BCUT2D eigenvalue weighted by Crippen LogP contribution is 2.38. The van der Waals surface area contributed by atoms with Gasteiger partial charge in [0.15, 0.2) is 5.76 Å². The van der Waals surface area contributed by atoms with Gasteiger partial charge in [-0.15, -0.1) is 0 Å². The summed E-state index contributed by atoms with van der Waals surface area (Å²) in [5, 5.41) is 5.88. The molecule has 2 aromatic heterocycles. The van der Waals surface area contributed by atoms with Crippen molar-refractivity contribution in [1.82, 2.24) is 10.1 Å². The molecule has 0 saturated heterocycles. The number of hydrogen-bond acceptors (Lipinski definition) is 5. The van der Waals surface area contributed by atoms with E-state index in [2.05, 4.69) is 11.9 Å². The summed E-state index contributed by atoms with van der Waals surface area (Å²) < 4.78 is 7.87. The maximum absolute atomic E-state index is 13.3. The number of carbonyl (C=O) groups excluding carboxylic acids is 1. The second-order valence-corrected chi connectivity index (χ2v) is 9.77. The summed E-state index contributed by atoms with van der Waals surface area (Å²) in [5.41, 5.74) is 2.20. The molecule has 0 unspecified atom stereocenters. The summed E-state index contributed by atoms with van der Waals surface area (Å²) in [6.07, 6.45) is 1.28. The number of amides is 1. The normalized spacial score (nSPS) is 14.5. The molecule has 7 nitrogen and oxygen atoms in total. The fraction of sp³-hybridized carbons (Fsp3) is 0.231. The Morgan fingerprint density at radius 3 is 2.80 bits per heavy atom. The van der Waals surface area contributed by atoms with Crippen LogP contribution >= 0.6 is 23.4 Å². The Balaban J connectivity index is 1.70. The van der Waals surface area contributed by atoms with Gasteiger partial charge in [0.1, 0.15) is 5.76 Å². The topological polar surface area (TPSA) is 83.1 Å². The number of fused-ring (bicyclic) bond motifs is 3. The molecule has 3 heterocycles. The number of nitrogens with one attached hydrogen (secondary N) is 1. The lowest BCUT2D eigenvalue weighted by Crippen LogP contribution is -2.60. The fourth-order valence-corrected chi connectivity index (χ4v) is 5.36. The first-order chi connectivity index (χ1) is 17.0. The molecule has 0 spiro atoms. The maximum Gasteiger partial charge on any atom is 0.325 e. The molecule has 1 aliphatic heterocycles. The SMILES string of the molecule is CCCCSc1n[n+]2c(c(=O)[nH]1)-c1ccccc1N(C(C)=O)[C@H]2c1ccc(-c2cccc(Cl)c2)o1. The van der Waals surface area contributed by atoms with Crippen molar-refractivity contribution in [2.24, 2.45) is 0 Å². The number of halogens is 1. The summed E-state index contributed by atoms with van der Waals surface area (Å²) in [6.45, 7) is 3.62. The van der Waals surface area contributed by atoms with Crippen molar-refractivity contribution in [3.05, 3.63) is 81.8 Å². The third-order valence-electron chi connectivity index (χ3n) is 5.82. The van der Waals surface area contributed by atoms with Crippen molar-refractivity contribution in [3.8, 4) is 22.6 Å². The number of carbonyl (C=O) groups is 1. The molecule has 35 heavy (non-hydrogen) atoms. The molecule has 178 valence electrons. The van der Waals surface area contributed by atoms with Crippen LogP contribution in [0.5, 0.6) is 0 Å². The number of nitrogens with zero attached hydrogens (tertiary/aromatic N) is 3. The van der Waals surface area contributed by atoms with Gasteiger partial charge in [0.2, 0.25) is 11.1 Å². The largest absolute Gasteiger partial charge is 0.452 e. The van der Waals surface area contributed by atoms with Crippen LogP contribution in [0.15, 0.2) is 75.0 Å². The van der Waals surface area contributed by atoms with E-state index in [9.17, 15) is 9.59 Å². The molecule has 2 aromatic carbocycles. The lowest BCUT2D eigenvalue weighted by Gasteiger charge is -2.30. The number of benzene rings is 2. The predicted octanol–water partition coefficient (Wildman–Crippen LogP) is 5.44. The van der Waals surface area contributed by atoms with Crippen molar-refractivity contribution in [3.63, 3.8) is 0 Å². The third kappa shape index (κ3) is 4.39. The van der Waals surface area contributed by atoms with E-state index >= 15 is 0 Å². The van der Waals surface area contributed by atoms with E-state index in [0.717, 1.165) is 24.2 Å². The van der Waals surface area contributed by atoms with Gasteiger partial charge in [0, 0.05) is 28.4 Å². The Kier molecular flexibility index (Phi) is 6.49. The van der Waals surface area contributed by atoms with Crippen LogP contribution in [0.1, 0.15) is 38.6 Å². The van der Waals surface area contributed by atoms with E-state index in [1.165, 1.54) is 18.7 Å². The van der Waals surface area contributed by atoms with Crippen LogP contribution in [-0.2, 0) is 4.79 Å². The van der Waals surface area contributed by atoms with Gasteiger partial charge in [-0.1, -0.05) is 61.0 Å². The average molecular weight is 508 g/mol. The number of hydrogen-bond donors (Lipinski definition) is 1. The van der Waals surface area contributed by atoms with Crippen LogP contribution in [0.25, 0.3) is 22.6 Å². The smallest absolute Gasteiger partial charge is 0.325 e. The summed E-state index contributed by atoms with van der Waals surface area (Å²) in [4.78, 5) is 30.8. The first kappa shape index (κ1) is 23.4. The first-order valence-electron chi connectivity index (χ1n) is 11.4. The number of furan rings is 1. The molecule has 9 heteroatoms. The second-order valence-electron chi connectivity index (χ2n) is 8.25. The monoisotopic (exact) mass is 507 g/mol. The van der Waals surface area contributed by atoms with Gasteiger partial charge in [-0.3, -0.25) is 14.6 Å². The highest BCUT2D eigenvalue weighted by molar-refractivity contribution is 7.99. The molecule has 0 aliphatic carbocycles. The Morgan fingerprint density at radius 1 is 1.20 bits per heavy atom. The van der Waals surface area contributed by atoms with Gasteiger partial charge in [-0.05, 0) is 47.5 Å². The quantitative estimate of drug-likeness (QED) is 0.213. The van der Waals surface area contributed by atoms with E-state index < -0.39 is 6.17 Å². The van der Waals surface area contributed by atoms with E-state index in [4.69, 9.17) is 21.1 Å². The molecular weight excluding hydrogens is 484 g/mol. The molecule has 1 N–H and O–H groups in total. The van der Waals surface area contributed by atoms with E-state index in [1.54, 1.807) is 15.6 Å². The van der Waals surface area contributed by atoms with Crippen LogP contribution in [0.4, 0.5) is 5.69 Å². The van der Waals surface area contributed by atoms with Crippen LogP contribution in [0.2, 0.25) is 5.02 Å². The molecular formula is C26H24ClN4O3S+. The summed E-state index contributed by atoms with van der Waals surface area (Å²) >= 11 is 7.66. The van der Waals surface area contributed by atoms with Gasteiger partial charge in [-0.2, -0.15) is 0 Å². The Hall–Kier alpha value is -3.36. The number of unbranched alkanes of at least 4 members (excludes halogenated alkanes) is 1. The molecule has 1 amide bonds. The van der Waals surface area contributed by atoms with E-state index in [0.29, 0.717) is 38.6 Å². The lowest BCUT2D eigenvalue weighted by molar-refractivity contribution is -0.764. The predicted molar refractivity (Wildman–Crippen MR) is 137 cm³/mol. The summed E-state index contributed by atoms with van der Waals surface area (Å²) in [6, 6.07) is 18.4. The first-order valence-corrected chi connectivity index (χ1v) is 12.8. The van der Waals surface area contributed by atoms with Crippen molar-refractivity contribution >= 4 is 35.0 Å². The number of H-pyrrole nitrogens is 1. The highest BCUT2D eigenvalue weighted by Gasteiger charge is 2.46. The molecule has 0 saturated carbocycles. The van der Waals surface area contributed by atoms with Crippen LogP contribution < -0.4 is 15.1 Å². The number of para-hydroxylation sites is 1. The molecule has 0 radical (unpaired) electrons. The molecule has 1 aliphatic rings. The van der Waals surface area contributed by atoms with Crippen LogP contribution in [-0.4, -0.2) is 21.7 Å². The average Bonchev–Trinajstić information content (AvgIpc) is 3.33. The Bertz CT molecular complexity index is 1460. The van der Waals surface area contributed by atoms with Crippen molar-refractivity contribution in [2.75, 3.05) is 10.7 Å². The molecule has 0 fully saturated rings. The summed E-state index contributed by atoms with van der Waals surface area (Å²) in [7, 11) is 0. The number of thioether (sulfide) groups is 1. The van der Waals surface area contributed by atoms with Crippen molar-refractivity contribution in [1.29, 1.82) is 0 Å². The van der Waals surface area contributed by atoms with Gasteiger partial charge in [-0.25, -0.2) is 4.90 Å². The minimum Gasteiger partial charge on any atom is -0.452 e. The molecule has 1 atom stereocenters. The van der Waals surface area contributed by atoms with Crippen molar-refractivity contribution in [2.45, 2.75) is 38.0 Å². The van der Waals surface area contributed by atoms with Crippen molar-refractivity contribution < 1.29 is 13.9 Å².